The molecule has 4 rings (SSSR count). The lowest BCUT2D eigenvalue weighted by Gasteiger charge is -2.41. The highest BCUT2D eigenvalue weighted by Crippen LogP contribution is 2.41. The zero-order valence-electron chi connectivity index (χ0n) is 38.3. The van der Waals surface area contributed by atoms with Gasteiger partial charge in [-0.2, -0.15) is 0 Å². The van der Waals surface area contributed by atoms with E-state index >= 15 is 4.39 Å². The number of hydrogen-bond acceptors (Lipinski definition) is 11. The Morgan fingerprint density at radius 2 is 1.41 bits per heavy atom. The van der Waals surface area contributed by atoms with Gasteiger partial charge >= 0.3 is 5.97 Å². The van der Waals surface area contributed by atoms with Crippen LogP contribution in [0.25, 0.3) is 11.1 Å². The first kappa shape index (κ1) is 53.8. The highest BCUT2D eigenvalue weighted by atomic mass is 19.1. The minimum atomic E-state index is -1.93. The van der Waals surface area contributed by atoms with Gasteiger partial charge in [-0.3, -0.25) is 52.8 Å². The van der Waals surface area contributed by atoms with Gasteiger partial charge in [-0.1, -0.05) is 51.1 Å². The van der Waals surface area contributed by atoms with Crippen molar-refractivity contribution in [2.24, 2.45) is 11.1 Å². The normalized spacial score (nSPS) is 14.0. The standard InChI is InChI=1S/C46H55F2N9O12/c1-26(59)52-33(20-36(49)60)44(68)54-34(21-41(65)66)45(69)53-32(43(67)51-16-15-50-37(61)24-57-38(62)12-13-39(57)63)14-17-56(40(64)25-58)42(46(2,3)4)35-18-28(30-19-29(47)10-11-31(30)48)23-55(35)22-27-8-6-5-7-9-27/h5-13,18-19,23,32-34,42,58H,14-17,20-22,24-25H2,1-4H3,(H2,49,60)(H,50,61)(H,51,67)(H,52,59)(H,53,69)(H,54,68)(H,65,66)/t32?,33-,34+,42+/m1/s1. The van der Waals surface area contributed by atoms with Crippen molar-refractivity contribution in [2.75, 3.05) is 32.8 Å². The summed E-state index contributed by atoms with van der Waals surface area (Å²) in [5.74, 6) is -11.2. The molecule has 1 aliphatic heterocycles. The van der Waals surface area contributed by atoms with Crippen LogP contribution in [0.15, 0.2) is 72.9 Å². The number of nitrogens with zero attached hydrogens (tertiary/aromatic N) is 3. The summed E-state index contributed by atoms with van der Waals surface area (Å²) in [5.41, 5.74) is 5.67. The summed E-state index contributed by atoms with van der Waals surface area (Å²) < 4.78 is 31.6. The van der Waals surface area contributed by atoms with E-state index in [-0.39, 0.29) is 30.8 Å². The Bertz CT molecular complexity index is 2440. The molecule has 9 N–H and O–H groups in total. The number of nitrogens with one attached hydrogen (secondary N) is 5. The molecule has 0 fully saturated rings. The van der Waals surface area contributed by atoms with Gasteiger partial charge in [-0.25, -0.2) is 8.78 Å². The number of aliphatic carboxylic acids is 1. The molecule has 9 amide bonds. The topological polar surface area (TPSA) is 309 Å². The molecule has 1 unspecified atom stereocenters. The highest BCUT2D eigenvalue weighted by molar-refractivity contribution is 6.14. The van der Waals surface area contributed by atoms with E-state index in [4.69, 9.17) is 5.73 Å². The minimum Gasteiger partial charge on any atom is -0.481 e. The molecule has 4 atom stereocenters. The van der Waals surface area contributed by atoms with Crippen molar-refractivity contribution in [1.29, 1.82) is 0 Å². The number of primary amides is 1. The molecule has 1 aliphatic rings. The molecular formula is C46H55F2N9O12. The van der Waals surface area contributed by atoms with Gasteiger partial charge in [0, 0.05) is 68.3 Å². The zero-order valence-corrected chi connectivity index (χ0v) is 38.3. The fourth-order valence-electron chi connectivity index (χ4n) is 7.52. The molecule has 0 bridgehead atoms. The Morgan fingerprint density at radius 3 is 1.99 bits per heavy atom. The number of aromatic nitrogens is 1. The Balaban J connectivity index is 1.71. The number of carbonyl (C=O) groups is 10. The quantitative estimate of drug-likeness (QED) is 0.0427. The van der Waals surface area contributed by atoms with Crippen molar-refractivity contribution in [3.05, 3.63) is 95.8 Å². The van der Waals surface area contributed by atoms with Gasteiger partial charge in [0.2, 0.25) is 41.4 Å². The SMILES string of the molecule is CC(=O)N[C@H](CC(N)=O)C(=O)N[C@@H](CC(=O)O)C(=O)NC(CCN(C(=O)CO)[C@@H](c1cc(-c2cc(F)ccc2F)cn1Cc1ccccc1)C(C)(C)C)C(=O)NCCNC(=O)CN1C(=O)C=CC1=O. The predicted octanol–water partition coefficient (Wildman–Crippen LogP) is -0.238. The number of halogens is 2. The van der Waals surface area contributed by atoms with E-state index in [0.717, 1.165) is 42.8 Å². The maximum atomic E-state index is 15.3. The second-order valence-electron chi connectivity index (χ2n) is 17.1. The summed E-state index contributed by atoms with van der Waals surface area (Å²) in [7, 11) is 0. The van der Waals surface area contributed by atoms with Crippen molar-refractivity contribution in [1.82, 2.24) is 41.0 Å². The van der Waals surface area contributed by atoms with Gasteiger partial charge < -0.3 is 52.0 Å². The summed E-state index contributed by atoms with van der Waals surface area (Å²) >= 11 is 0. The average molecular weight is 964 g/mol. The fourth-order valence-corrected chi connectivity index (χ4v) is 7.52. The van der Waals surface area contributed by atoms with E-state index in [1.165, 1.54) is 4.90 Å². The Hall–Kier alpha value is -7.82. The molecule has 0 aliphatic carbocycles. The minimum absolute atomic E-state index is 0.0811. The maximum absolute atomic E-state index is 15.3. The van der Waals surface area contributed by atoms with E-state index in [0.29, 0.717) is 10.6 Å². The molecule has 21 nitrogen and oxygen atoms in total. The van der Waals surface area contributed by atoms with Crippen LogP contribution in [-0.2, 0) is 54.5 Å². The Morgan fingerprint density at radius 1 is 0.797 bits per heavy atom. The van der Waals surface area contributed by atoms with Crippen LogP contribution in [0.2, 0.25) is 0 Å². The van der Waals surface area contributed by atoms with E-state index in [9.17, 15) is 62.5 Å². The number of nitrogens with two attached hydrogens (primary N) is 1. The third kappa shape index (κ3) is 15.6. The lowest BCUT2D eigenvalue weighted by atomic mass is 9.82. The summed E-state index contributed by atoms with van der Waals surface area (Å²) in [6.45, 7) is 3.88. The highest BCUT2D eigenvalue weighted by Gasteiger charge is 2.39. The number of carboxylic acid groups (broad SMARTS) is 1. The van der Waals surface area contributed by atoms with Crippen LogP contribution >= 0.6 is 0 Å². The first-order valence-corrected chi connectivity index (χ1v) is 21.5. The second kappa shape index (κ2) is 24.3. The number of aliphatic hydroxyl groups is 1. The molecule has 0 saturated carbocycles. The number of aliphatic hydroxyl groups excluding tert-OH is 1. The van der Waals surface area contributed by atoms with E-state index in [1.807, 2.05) is 12.1 Å². The molecule has 2 heterocycles. The van der Waals surface area contributed by atoms with Crippen LogP contribution in [0.5, 0.6) is 0 Å². The molecule has 0 spiro atoms. The van der Waals surface area contributed by atoms with Crippen LogP contribution in [0.3, 0.4) is 0 Å². The third-order valence-electron chi connectivity index (χ3n) is 10.6. The summed E-state index contributed by atoms with van der Waals surface area (Å²) in [6, 6.07) is 7.38. The largest absolute Gasteiger partial charge is 0.481 e. The number of carbonyl (C=O) groups excluding carboxylic acids is 9. The van der Waals surface area contributed by atoms with Crippen LogP contribution in [0.1, 0.15) is 64.3 Å². The Labute approximate surface area is 394 Å². The van der Waals surface area contributed by atoms with Gasteiger partial charge in [-0.05, 0) is 41.7 Å². The summed E-state index contributed by atoms with van der Waals surface area (Å²) in [6.07, 6.45) is 1.32. The summed E-state index contributed by atoms with van der Waals surface area (Å²) in [4.78, 5) is 129. The van der Waals surface area contributed by atoms with Gasteiger partial charge in [0.05, 0.1) is 18.9 Å². The van der Waals surface area contributed by atoms with E-state index in [2.05, 4.69) is 26.6 Å². The lowest BCUT2D eigenvalue weighted by molar-refractivity contribution is -0.142. The van der Waals surface area contributed by atoms with Crippen molar-refractivity contribution in [3.8, 4) is 11.1 Å². The van der Waals surface area contributed by atoms with E-state index in [1.54, 1.807) is 55.8 Å². The predicted molar refractivity (Wildman–Crippen MR) is 240 cm³/mol. The van der Waals surface area contributed by atoms with Gasteiger partial charge in [-0.15, -0.1) is 0 Å². The number of carboxylic acids is 1. The molecule has 23 heteroatoms. The first-order chi connectivity index (χ1) is 32.5. The van der Waals surface area contributed by atoms with E-state index < -0.39 is 139 Å². The van der Waals surface area contributed by atoms with Crippen molar-refractivity contribution in [2.45, 2.75) is 77.7 Å². The number of hydrogen-bond donors (Lipinski definition) is 8. The van der Waals surface area contributed by atoms with Crippen LogP contribution in [0, 0.1) is 17.0 Å². The van der Waals surface area contributed by atoms with Crippen LogP contribution < -0.4 is 32.3 Å². The van der Waals surface area contributed by atoms with Gasteiger partial charge in [0.25, 0.3) is 11.8 Å². The Kier molecular flexibility index (Phi) is 18.9. The average Bonchev–Trinajstić information content (AvgIpc) is 3.82. The molecule has 370 valence electrons. The van der Waals surface area contributed by atoms with Crippen molar-refractivity contribution < 1.29 is 66.9 Å². The lowest BCUT2D eigenvalue weighted by Crippen LogP contribution is -2.58. The maximum Gasteiger partial charge on any atom is 0.305 e. The van der Waals surface area contributed by atoms with Crippen molar-refractivity contribution in [3.63, 3.8) is 0 Å². The number of imide groups is 1. The molecule has 1 aromatic heterocycles. The smallest absolute Gasteiger partial charge is 0.305 e. The second-order valence-corrected chi connectivity index (χ2v) is 17.1. The number of benzene rings is 2. The molecule has 3 aromatic rings. The van der Waals surface area contributed by atoms with Crippen LogP contribution in [0.4, 0.5) is 8.78 Å². The third-order valence-corrected chi connectivity index (χ3v) is 10.6. The first-order valence-electron chi connectivity index (χ1n) is 21.5. The molecule has 0 saturated heterocycles. The van der Waals surface area contributed by atoms with Gasteiger partial charge in [0.1, 0.15) is 42.9 Å². The molecule has 2 aromatic carbocycles. The molecule has 69 heavy (non-hydrogen) atoms. The summed E-state index contributed by atoms with van der Waals surface area (Å²) in [5, 5.41) is 31.8. The molecular weight excluding hydrogens is 909 g/mol. The number of rotatable bonds is 24. The van der Waals surface area contributed by atoms with Crippen molar-refractivity contribution >= 4 is 59.1 Å². The van der Waals surface area contributed by atoms with Crippen LogP contribution in [-0.4, -0.2) is 135 Å². The molecule has 0 radical (unpaired) electrons. The fraction of sp³-hybridized carbons (Fsp3) is 0.391. The monoisotopic (exact) mass is 963 g/mol. The zero-order chi connectivity index (χ0) is 51.2. The number of amides is 9. The van der Waals surface area contributed by atoms with Gasteiger partial charge in [0.15, 0.2) is 0 Å².